The lowest BCUT2D eigenvalue weighted by Crippen LogP contribution is -2.33. The molecule has 0 aliphatic carbocycles. The Morgan fingerprint density at radius 3 is 2.62 bits per heavy atom. The largest absolute Gasteiger partial charge is 0.504 e. The Morgan fingerprint density at radius 2 is 1.91 bits per heavy atom. The number of para-hydroxylation sites is 1. The third-order valence-corrected chi connectivity index (χ3v) is 5.92. The van der Waals surface area contributed by atoms with E-state index in [1.165, 1.54) is 6.07 Å². The molecule has 2 N–H and O–H groups in total. The quantitative estimate of drug-likeness (QED) is 0.442. The fourth-order valence-electron chi connectivity index (χ4n) is 3.84. The zero-order valence-corrected chi connectivity index (χ0v) is 19.4. The maximum Gasteiger partial charge on any atom is 0.162 e. The van der Waals surface area contributed by atoms with Gasteiger partial charge in [0, 0.05) is 33.8 Å². The Morgan fingerprint density at radius 1 is 1.12 bits per heavy atom. The monoisotopic (exact) mass is 498 g/mol. The molecule has 5 nitrogen and oxygen atoms in total. The molecule has 0 radical (unpaired) electrons. The van der Waals surface area contributed by atoms with E-state index in [1.54, 1.807) is 25.3 Å². The number of benzene rings is 3. The molecule has 0 fully saturated rings. The molecule has 0 saturated carbocycles. The van der Waals surface area contributed by atoms with E-state index in [1.807, 2.05) is 43.3 Å². The van der Waals surface area contributed by atoms with Gasteiger partial charge in [-0.25, -0.2) is 4.39 Å². The van der Waals surface area contributed by atoms with Crippen molar-refractivity contribution in [1.29, 1.82) is 0 Å². The number of rotatable bonds is 6. The number of hydrogen-bond donors (Lipinski definition) is 2. The van der Waals surface area contributed by atoms with Crippen LogP contribution in [0.25, 0.3) is 0 Å². The summed E-state index contributed by atoms with van der Waals surface area (Å²) in [4.78, 5) is 4.83. The van der Waals surface area contributed by atoms with Gasteiger partial charge in [0.15, 0.2) is 11.5 Å². The molecule has 0 bridgehead atoms. The summed E-state index contributed by atoms with van der Waals surface area (Å²) in [5.74, 6) is 0.898. The highest BCUT2D eigenvalue weighted by Gasteiger charge is 2.30. The van der Waals surface area contributed by atoms with Crippen molar-refractivity contribution in [3.05, 3.63) is 87.6 Å². The second-order valence-corrected chi connectivity index (χ2v) is 8.34. The van der Waals surface area contributed by atoms with Gasteiger partial charge in [0.1, 0.15) is 17.7 Å². The Bertz CT molecular complexity index is 1130. The Labute approximate surface area is 195 Å². The predicted octanol–water partition coefficient (Wildman–Crippen LogP) is 5.92. The molecule has 0 aromatic heterocycles. The molecule has 0 amide bonds. The SMILES string of the molecule is CCOc1cccc([C@@H]2CC(c3ccc(OC)cc3)=N[C@H](c3cc(Br)ccc3F)N2)c1O. The second-order valence-electron chi connectivity index (χ2n) is 7.42. The smallest absolute Gasteiger partial charge is 0.162 e. The number of aliphatic imine (C=N–C) groups is 1. The number of nitrogens with one attached hydrogen (secondary N) is 1. The van der Waals surface area contributed by atoms with Gasteiger partial charge >= 0.3 is 0 Å². The van der Waals surface area contributed by atoms with Crippen LogP contribution >= 0.6 is 15.9 Å². The Hall–Kier alpha value is -2.90. The van der Waals surface area contributed by atoms with Crippen LogP contribution in [-0.4, -0.2) is 24.5 Å². The first-order valence-corrected chi connectivity index (χ1v) is 11.2. The van der Waals surface area contributed by atoms with E-state index in [0.717, 1.165) is 21.5 Å². The molecule has 0 saturated heterocycles. The first-order valence-electron chi connectivity index (χ1n) is 10.4. The predicted molar refractivity (Wildman–Crippen MR) is 126 cm³/mol. The van der Waals surface area contributed by atoms with Crippen LogP contribution in [-0.2, 0) is 0 Å². The van der Waals surface area contributed by atoms with Gasteiger partial charge in [0.25, 0.3) is 0 Å². The highest BCUT2D eigenvalue weighted by atomic mass is 79.9. The van der Waals surface area contributed by atoms with Crippen molar-refractivity contribution in [3.8, 4) is 17.2 Å². The van der Waals surface area contributed by atoms with Crippen molar-refractivity contribution < 1.29 is 19.0 Å². The minimum Gasteiger partial charge on any atom is -0.504 e. The molecule has 4 rings (SSSR count). The molecule has 7 heteroatoms. The summed E-state index contributed by atoms with van der Waals surface area (Å²) in [6.45, 7) is 2.31. The van der Waals surface area contributed by atoms with Crippen LogP contribution in [0.3, 0.4) is 0 Å². The van der Waals surface area contributed by atoms with E-state index in [-0.39, 0.29) is 17.6 Å². The lowest BCUT2D eigenvalue weighted by molar-refractivity contribution is 0.313. The van der Waals surface area contributed by atoms with Crippen LogP contribution in [0.15, 0.2) is 70.1 Å². The molecule has 166 valence electrons. The van der Waals surface area contributed by atoms with Gasteiger partial charge in [-0.3, -0.25) is 10.3 Å². The number of halogens is 2. The third kappa shape index (κ3) is 4.64. The van der Waals surface area contributed by atoms with E-state index < -0.39 is 6.17 Å². The van der Waals surface area contributed by atoms with E-state index >= 15 is 0 Å². The molecule has 2 atom stereocenters. The highest BCUT2D eigenvalue weighted by molar-refractivity contribution is 9.10. The lowest BCUT2D eigenvalue weighted by Gasteiger charge is -2.31. The summed E-state index contributed by atoms with van der Waals surface area (Å²) in [6.07, 6.45) is -0.111. The topological polar surface area (TPSA) is 63.1 Å². The number of hydrogen-bond acceptors (Lipinski definition) is 5. The summed E-state index contributed by atoms with van der Waals surface area (Å²) in [6, 6.07) is 17.5. The summed E-state index contributed by atoms with van der Waals surface area (Å²) in [7, 11) is 1.62. The highest BCUT2D eigenvalue weighted by Crippen LogP contribution is 2.39. The molecule has 1 heterocycles. The standard InChI is InChI=1S/C25H24BrFN2O3/c1-3-32-23-6-4-5-18(24(23)30)22-14-21(15-7-10-17(31-2)11-8-15)28-25(29-22)19-13-16(26)9-12-20(19)27/h4-13,22,25,29-30H,3,14H2,1-2H3/t22-,25-/m0/s1. The summed E-state index contributed by atoms with van der Waals surface area (Å²) in [5.41, 5.74) is 2.83. The molecular formula is C25H24BrFN2O3. The van der Waals surface area contributed by atoms with Crippen molar-refractivity contribution in [2.24, 2.45) is 4.99 Å². The second kappa shape index (κ2) is 9.71. The van der Waals surface area contributed by atoms with Crippen LogP contribution in [0.2, 0.25) is 0 Å². The van der Waals surface area contributed by atoms with Gasteiger partial charge in [-0.05, 0) is 61.0 Å². The van der Waals surface area contributed by atoms with Crippen LogP contribution in [0, 0.1) is 5.82 Å². The van der Waals surface area contributed by atoms with Gasteiger partial charge in [-0.2, -0.15) is 0 Å². The zero-order valence-electron chi connectivity index (χ0n) is 17.8. The van der Waals surface area contributed by atoms with Gasteiger partial charge in [-0.15, -0.1) is 0 Å². The molecule has 0 spiro atoms. The minimum atomic E-state index is -0.626. The Balaban J connectivity index is 1.78. The number of methoxy groups -OCH3 is 1. The van der Waals surface area contributed by atoms with Crippen molar-refractivity contribution in [3.63, 3.8) is 0 Å². The minimum absolute atomic E-state index is 0.0799. The van der Waals surface area contributed by atoms with Crippen molar-refractivity contribution in [2.45, 2.75) is 25.6 Å². The van der Waals surface area contributed by atoms with E-state index in [0.29, 0.717) is 29.9 Å². The van der Waals surface area contributed by atoms with Crippen molar-refractivity contribution in [1.82, 2.24) is 5.32 Å². The average Bonchev–Trinajstić information content (AvgIpc) is 2.82. The maximum absolute atomic E-state index is 14.7. The van der Waals surface area contributed by atoms with Crippen LogP contribution in [0.4, 0.5) is 4.39 Å². The molecule has 3 aromatic carbocycles. The maximum atomic E-state index is 14.7. The Kier molecular flexibility index (Phi) is 6.77. The number of phenolic OH excluding ortho intramolecular Hbond substituents is 1. The number of ether oxygens (including phenoxy) is 2. The molecule has 1 aliphatic heterocycles. The van der Waals surface area contributed by atoms with Gasteiger partial charge in [0.2, 0.25) is 0 Å². The molecule has 1 aliphatic rings. The van der Waals surface area contributed by atoms with E-state index in [9.17, 15) is 9.50 Å². The molecule has 3 aromatic rings. The normalized spacial score (nSPS) is 18.2. The molecular weight excluding hydrogens is 475 g/mol. The van der Waals surface area contributed by atoms with Crippen LogP contribution in [0.5, 0.6) is 17.2 Å². The fourth-order valence-corrected chi connectivity index (χ4v) is 4.22. The summed E-state index contributed by atoms with van der Waals surface area (Å²) >= 11 is 3.42. The average molecular weight is 499 g/mol. The van der Waals surface area contributed by atoms with Crippen LogP contribution in [0.1, 0.15) is 42.2 Å². The first kappa shape index (κ1) is 22.3. The van der Waals surface area contributed by atoms with Crippen molar-refractivity contribution >= 4 is 21.6 Å². The number of aromatic hydroxyl groups is 1. The summed E-state index contributed by atoms with van der Waals surface area (Å²) in [5, 5.41) is 14.2. The zero-order chi connectivity index (χ0) is 22.7. The van der Waals surface area contributed by atoms with E-state index in [4.69, 9.17) is 14.5 Å². The number of phenols is 1. The van der Waals surface area contributed by atoms with Gasteiger partial charge in [0.05, 0.1) is 13.7 Å². The van der Waals surface area contributed by atoms with Gasteiger partial charge in [-0.1, -0.05) is 28.1 Å². The lowest BCUT2D eigenvalue weighted by atomic mass is 9.93. The third-order valence-electron chi connectivity index (χ3n) is 5.42. The molecule has 32 heavy (non-hydrogen) atoms. The van der Waals surface area contributed by atoms with Crippen LogP contribution < -0.4 is 14.8 Å². The number of nitrogens with zero attached hydrogens (tertiary/aromatic N) is 1. The van der Waals surface area contributed by atoms with E-state index in [2.05, 4.69) is 21.2 Å². The van der Waals surface area contributed by atoms with Gasteiger partial charge < -0.3 is 14.6 Å². The van der Waals surface area contributed by atoms with Crippen molar-refractivity contribution in [2.75, 3.05) is 13.7 Å². The molecule has 0 unspecified atom stereocenters. The summed E-state index contributed by atoms with van der Waals surface area (Å²) < 4.78 is 26.3. The first-order chi connectivity index (χ1) is 15.5. The fraction of sp³-hybridized carbons (Fsp3) is 0.240.